The molecule has 0 unspecified atom stereocenters. The van der Waals surface area contributed by atoms with Gasteiger partial charge in [-0.25, -0.2) is 0 Å². The fourth-order valence-corrected chi connectivity index (χ4v) is 2.03. The number of nitrogens with one attached hydrogen (secondary N) is 1. The molecule has 2 nitrogen and oxygen atoms in total. The normalized spacial score (nSPS) is 14.6. The van der Waals surface area contributed by atoms with Gasteiger partial charge in [0.1, 0.15) is 0 Å². The molecule has 30 heavy (non-hydrogen) atoms. The van der Waals surface area contributed by atoms with Gasteiger partial charge in [0, 0.05) is 10.7 Å². The number of hydrogen-bond donors (Lipinski definition) is 1. The van der Waals surface area contributed by atoms with E-state index >= 15 is 0 Å². The minimum absolute atomic E-state index is 0.260. The van der Waals surface area contributed by atoms with Gasteiger partial charge in [0.05, 0.1) is 0 Å². The maximum absolute atomic E-state index is 13.7. The van der Waals surface area contributed by atoms with Crippen molar-refractivity contribution in [3.8, 4) is 0 Å². The summed E-state index contributed by atoms with van der Waals surface area (Å²) in [5, 5.41) is 0.689. The summed E-state index contributed by atoms with van der Waals surface area (Å²) in [5.74, 6) is -41.9. The van der Waals surface area contributed by atoms with Crippen molar-refractivity contribution in [2.75, 3.05) is 5.32 Å². The summed E-state index contributed by atoms with van der Waals surface area (Å²) in [6.45, 7) is 1.01. The summed E-state index contributed by atoms with van der Waals surface area (Å²) in [7, 11) is 0. The first kappa shape index (κ1) is 26.1. The second-order valence-corrected chi connectivity index (χ2v) is 6.14. The van der Waals surface area contributed by atoms with Gasteiger partial charge in [-0.05, 0) is 24.6 Å². The maximum atomic E-state index is 13.7. The van der Waals surface area contributed by atoms with E-state index in [9.17, 15) is 61.9 Å². The number of alkyl halides is 13. The van der Waals surface area contributed by atoms with Crippen LogP contribution in [0.2, 0.25) is 5.02 Å². The first-order valence-electron chi connectivity index (χ1n) is 7.09. The van der Waals surface area contributed by atoms with Crippen molar-refractivity contribution in [1.82, 2.24) is 0 Å². The van der Waals surface area contributed by atoms with Crippen molar-refractivity contribution in [1.29, 1.82) is 0 Å². The molecule has 0 aliphatic carbocycles. The van der Waals surface area contributed by atoms with Gasteiger partial charge in [0.2, 0.25) is 0 Å². The highest BCUT2D eigenvalue weighted by Gasteiger charge is 2.91. The van der Waals surface area contributed by atoms with Crippen LogP contribution in [0.4, 0.5) is 62.8 Å². The fourth-order valence-electron chi connectivity index (χ4n) is 1.86. The van der Waals surface area contributed by atoms with Gasteiger partial charge in [-0.2, -0.15) is 57.1 Å². The van der Waals surface area contributed by atoms with Crippen LogP contribution in [0.15, 0.2) is 18.2 Å². The first-order valence-corrected chi connectivity index (χ1v) is 7.47. The molecule has 0 saturated heterocycles. The number of rotatable bonds is 6. The molecule has 172 valence electrons. The summed E-state index contributed by atoms with van der Waals surface area (Å²) in [5.41, 5.74) is -1.08. The summed E-state index contributed by atoms with van der Waals surface area (Å²) in [6, 6.07) is 2.79. The minimum atomic E-state index is -8.07. The Balaban J connectivity index is 3.44. The zero-order valence-corrected chi connectivity index (χ0v) is 14.7. The number of hydrogen-bond acceptors (Lipinski definition) is 1. The van der Waals surface area contributed by atoms with Gasteiger partial charge in [0.15, 0.2) is 0 Å². The summed E-state index contributed by atoms with van der Waals surface area (Å²) in [4.78, 5) is 11.4. The quantitative estimate of drug-likeness (QED) is 0.467. The molecule has 1 aromatic rings. The SMILES string of the molecule is Cc1c(Cl)cccc1NC(=O)C(F)(F)C(F)(F)C(F)(F)C(F)(F)C(F)(F)C(F)(F)F. The smallest absolute Gasteiger partial charge is 0.320 e. The largest absolute Gasteiger partial charge is 0.460 e. The van der Waals surface area contributed by atoms with Crippen molar-refractivity contribution >= 4 is 23.2 Å². The molecule has 1 aromatic carbocycles. The zero-order chi connectivity index (χ0) is 24.1. The predicted molar refractivity (Wildman–Crippen MR) is 75.6 cm³/mol. The predicted octanol–water partition coefficient (Wildman–Crippen LogP) is 6.33. The van der Waals surface area contributed by atoms with E-state index in [1.54, 1.807) is 0 Å². The molecule has 0 bridgehead atoms. The molecule has 0 atom stereocenters. The van der Waals surface area contributed by atoms with E-state index in [1.807, 2.05) is 0 Å². The topological polar surface area (TPSA) is 29.1 Å². The van der Waals surface area contributed by atoms with E-state index < -0.39 is 47.4 Å². The molecular weight excluding hydrogens is 481 g/mol. The average molecular weight is 488 g/mol. The highest BCUT2D eigenvalue weighted by atomic mass is 35.5. The minimum Gasteiger partial charge on any atom is -0.320 e. The lowest BCUT2D eigenvalue weighted by molar-refractivity contribution is -0.435. The lowest BCUT2D eigenvalue weighted by Crippen LogP contribution is -2.71. The second kappa shape index (κ2) is 7.34. The second-order valence-electron chi connectivity index (χ2n) is 5.74. The van der Waals surface area contributed by atoms with E-state index in [1.165, 1.54) is 0 Å². The van der Waals surface area contributed by atoms with Crippen LogP contribution in [0.25, 0.3) is 0 Å². The average Bonchev–Trinajstić information content (AvgIpc) is 2.57. The monoisotopic (exact) mass is 487 g/mol. The van der Waals surface area contributed by atoms with Crippen LogP contribution in [-0.2, 0) is 4.79 Å². The molecule has 0 spiro atoms. The Morgan fingerprint density at radius 1 is 0.767 bits per heavy atom. The third kappa shape index (κ3) is 3.64. The maximum Gasteiger partial charge on any atom is 0.460 e. The summed E-state index contributed by atoms with van der Waals surface area (Å²) in [6.07, 6.45) is -7.52. The van der Waals surface area contributed by atoms with Gasteiger partial charge in [0.25, 0.3) is 0 Å². The first-order chi connectivity index (χ1) is 13.1. The zero-order valence-electron chi connectivity index (χ0n) is 13.9. The Kier molecular flexibility index (Phi) is 6.39. The van der Waals surface area contributed by atoms with Crippen molar-refractivity contribution in [3.05, 3.63) is 28.8 Å². The molecule has 0 fully saturated rings. The van der Waals surface area contributed by atoms with Gasteiger partial charge in [-0.3, -0.25) is 4.79 Å². The number of benzene rings is 1. The lowest BCUT2D eigenvalue weighted by Gasteiger charge is -2.39. The summed E-state index contributed by atoms with van der Waals surface area (Å²) >= 11 is 5.53. The van der Waals surface area contributed by atoms with E-state index in [0.717, 1.165) is 30.4 Å². The van der Waals surface area contributed by atoms with Crippen molar-refractivity contribution in [3.63, 3.8) is 0 Å². The molecule has 1 rings (SSSR count). The van der Waals surface area contributed by atoms with E-state index in [2.05, 4.69) is 0 Å². The number of carbonyl (C=O) groups is 1. The van der Waals surface area contributed by atoms with Crippen LogP contribution >= 0.6 is 11.6 Å². The molecule has 1 amide bonds. The van der Waals surface area contributed by atoms with Gasteiger partial charge < -0.3 is 5.32 Å². The fraction of sp³-hybridized carbons (Fsp3) is 0.500. The van der Waals surface area contributed by atoms with Crippen LogP contribution in [0, 0.1) is 6.92 Å². The summed E-state index contributed by atoms with van der Waals surface area (Å²) < 4.78 is 169. The van der Waals surface area contributed by atoms with Crippen molar-refractivity contribution < 1.29 is 61.9 Å². The number of anilines is 1. The van der Waals surface area contributed by atoms with Gasteiger partial charge in [-0.1, -0.05) is 17.7 Å². The van der Waals surface area contributed by atoms with E-state index in [0.29, 0.717) is 0 Å². The highest BCUT2D eigenvalue weighted by Crippen LogP contribution is 2.60. The van der Waals surface area contributed by atoms with E-state index in [4.69, 9.17) is 11.6 Å². The van der Waals surface area contributed by atoms with Crippen LogP contribution in [0.3, 0.4) is 0 Å². The standard InChI is InChI=1S/C14H7ClF13NO/c1-5-6(15)3-2-4-7(5)29-8(30)9(16,17)10(18,19)11(20,21)12(22,23)13(24,25)14(26,27)28/h2-4H,1H3,(H,29,30). The molecule has 0 aliphatic rings. The molecule has 0 saturated carbocycles. The molecule has 1 N–H and O–H groups in total. The third-order valence-corrected chi connectivity index (χ3v) is 4.14. The number of carbonyl (C=O) groups excluding carboxylic acids is 1. The molecule has 0 heterocycles. The molecule has 0 radical (unpaired) electrons. The van der Waals surface area contributed by atoms with E-state index in [-0.39, 0.29) is 10.6 Å². The van der Waals surface area contributed by atoms with Gasteiger partial charge in [-0.15, -0.1) is 0 Å². The van der Waals surface area contributed by atoms with Crippen LogP contribution in [0.5, 0.6) is 0 Å². The Morgan fingerprint density at radius 3 is 1.63 bits per heavy atom. The highest BCUT2D eigenvalue weighted by molar-refractivity contribution is 6.31. The number of halogens is 14. The Labute approximate surface area is 163 Å². The van der Waals surface area contributed by atoms with Crippen LogP contribution < -0.4 is 5.32 Å². The molecule has 0 aliphatic heterocycles. The Bertz CT molecular complexity index is 819. The van der Waals surface area contributed by atoms with Crippen LogP contribution in [0.1, 0.15) is 5.56 Å². The molecular formula is C14H7ClF13NO. The molecule has 16 heteroatoms. The Hall–Kier alpha value is -1.93. The van der Waals surface area contributed by atoms with Crippen molar-refractivity contribution in [2.45, 2.75) is 42.7 Å². The lowest BCUT2D eigenvalue weighted by atomic mass is 9.93. The van der Waals surface area contributed by atoms with Crippen molar-refractivity contribution in [2.24, 2.45) is 0 Å². The van der Waals surface area contributed by atoms with Gasteiger partial charge >= 0.3 is 41.7 Å². The third-order valence-electron chi connectivity index (χ3n) is 3.73. The molecule has 0 aromatic heterocycles. The number of amides is 1. The Morgan fingerprint density at radius 2 is 1.20 bits per heavy atom. The van der Waals surface area contributed by atoms with Crippen LogP contribution in [-0.4, -0.2) is 41.7 Å².